The first-order valence-electron chi connectivity index (χ1n) is 7.14. The molecule has 0 radical (unpaired) electrons. The number of carbonyl (C=O) groups is 1. The number of likely N-dealkylation sites (N-methyl/N-ethyl adjacent to an activating group) is 1. The smallest absolute Gasteiger partial charge is 0.282 e. The van der Waals surface area contributed by atoms with E-state index in [0.717, 1.165) is 36.1 Å². The second-order valence-corrected chi connectivity index (χ2v) is 5.53. The van der Waals surface area contributed by atoms with Crippen LogP contribution in [0.2, 0.25) is 0 Å². The van der Waals surface area contributed by atoms with Gasteiger partial charge in [0, 0.05) is 12.1 Å². The van der Waals surface area contributed by atoms with Gasteiger partial charge in [0.1, 0.15) is 0 Å². The molecular weight excluding hydrogens is 236 g/mol. The molecule has 1 aromatic rings. The Morgan fingerprint density at radius 1 is 1.26 bits per heavy atom. The van der Waals surface area contributed by atoms with Crippen molar-refractivity contribution in [3.05, 3.63) is 29.3 Å². The Kier molecular flexibility index (Phi) is 6.03. The number of para-hydroxylation sites is 1. The van der Waals surface area contributed by atoms with Gasteiger partial charge < -0.3 is 10.2 Å². The van der Waals surface area contributed by atoms with E-state index in [1.807, 2.05) is 46.1 Å². The third-order valence-electron chi connectivity index (χ3n) is 3.59. The summed E-state index contributed by atoms with van der Waals surface area (Å²) in [7, 11) is 4.09. The van der Waals surface area contributed by atoms with Crippen molar-refractivity contribution in [2.24, 2.45) is 0 Å². The standard InChI is InChI=1S/C16H26N2O/c1-6-7-11-14(18(4)5)16(19)17-15-12(2)9-8-10-13(15)3/h8-10,14H,6-7,11H2,1-5H3,(H,17,19)/p+1. The molecular formula is C16H27N2O+. The fourth-order valence-corrected chi connectivity index (χ4v) is 2.31. The van der Waals surface area contributed by atoms with Crippen LogP contribution in [0.5, 0.6) is 0 Å². The van der Waals surface area contributed by atoms with Gasteiger partial charge in [0.15, 0.2) is 6.04 Å². The van der Waals surface area contributed by atoms with Crippen LogP contribution in [-0.4, -0.2) is 26.0 Å². The molecule has 0 fully saturated rings. The first-order valence-corrected chi connectivity index (χ1v) is 7.14. The zero-order valence-corrected chi connectivity index (χ0v) is 12.8. The first-order chi connectivity index (χ1) is 8.97. The van der Waals surface area contributed by atoms with Gasteiger partial charge in [-0.05, 0) is 31.4 Å². The molecule has 2 N–H and O–H groups in total. The van der Waals surface area contributed by atoms with E-state index in [2.05, 4.69) is 12.2 Å². The molecule has 1 atom stereocenters. The average Bonchev–Trinajstić information content (AvgIpc) is 2.34. The van der Waals surface area contributed by atoms with Crippen LogP contribution in [0.4, 0.5) is 5.69 Å². The zero-order chi connectivity index (χ0) is 14.4. The number of unbranched alkanes of at least 4 members (excludes halogenated alkanes) is 1. The molecule has 1 amide bonds. The van der Waals surface area contributed by atoms with Gasteiger partial charge >= 0.3 is 0 Å². The van der Waals surface area contributed by atoms with E-state index in [9.17, 15) is 4.79 Å². The molecule has 1 aromatic carbocycles. The minimum Gasteiger partial charge on any atom is -0.330 e. The molecule has 0 bridgehead atoms. The fourth-order valence-electron chi connectivity index (χ4n) is 2.31. The third-order valence-corrected chi connectivity index (χ3v) is 3.59. The van der Waals surface area contributed by atoms with Crippen molar-refractivity contribution >= 4 is 11.6 Å². The molecule has 106 valence electrons. The summed E-state index contributed by atoms with van der Waals surface area (Å²) in [6.45, 7) is 6.23. The van der Waals surface area contributed by atoms with Crippen molar-refractivity contribution in [1.29, 1.82) is 0 Å². The average molecular weight is 263 g/mol. The molecule has 0 aliphatic carbocycles. The maximum absolute atomic E-state index is 12.4. The Hall–Kier alpha value is -1.35. The lowest BCUT2D eigenvalue weighted by atomic mass is 10.1. The molecule has 0 aromatic heterocycles. The highest BCUT2D eigenvalue weighted by Crippen LogP contribution is 2.19. The van der Waals surface area contributed by atoms with Crippen LogP contribution in [0.25, 0.3) is 0 Å². The van der Waals surface area contributed by atoms with Gasteiger partial charge in [0.2, 0.25) is 0 Å². The van der Waals surface area contributed by atoms with E-state index in [1.54, 1.807) is 0 Å². The number of carbonyl (C=O) groups excluding carboxylic acids is 1. The van der Waals surface area contributed by atoms with Crippen LogP contribution in [0.1, 0.15) is 37.3 Å². The van der Waals surface area contributed by atoms with Gasteiger partial charge in [-0.1, -0.05) is 31.5 Å². The van der Waals surface area contributed by atoms with Gasteiger partial charge in [-0.15, -0.1) is 0 Å². The summed E-state index contributed by atoms with van der Waals surface area (Å²) in [6.07, 6.45) is 3.16. The van der Waals surface area contributed by atoms with E-state index in [1.165, 1.54) is 4.90 Å². The highest BCUT2D eigenvalue weighted by molar-refractivity contribution is 5.95. The summed E-state index contributed by atoms with van der Waals surface area (Å²) in [5.41, 5.74) is 3.21. The van der Waals surface area contributed by atoms with E-state index in [0.29, 0.717) is 0 Å². The lowest BCUT2D eigenvalue weighted by Gasteiger charge is -2.21. The van der Waals surface area contributed by atoms with E-state index < -0.39 is 0 Å². The predicted molar refractivity (Wildman–Crippen MR) is 80.7 cm³/mol. The quantitative estimate of drug-likeness (QED) is 0.808. The summed E-state index contributed by atoms with van der Waals surface area (Å²) in [5, 5.41) is 3.11. The Morgan fingerprint density at radius 2 is 1.84 bits per heavy atom. The van der Waals surface area contributed by atoms with Crippen molar-refractivity contribution in [3.63, 3.8) is 0 Å². The van der Waals surface area contributed by atoms with Crippen LogP contribution in [0.15, 0.2) is 18.2 Å². The van der Waals surface area contributed by atoms with Crippen molar-refractivity contribution in [1.82, 2.24) is 0 Å². The molecule has 0 saturated carbocycles. The number of amides is 1. The van der Waals surface area contributed by atoms with Gasteiger partial charge in [-0.25, -0.2) is 0 Å². The number of benzene rings is 1. The maximum atomic E-state index is 12.4. The summed E-state index contributed by atoms with van der Waals surface area (Å²) in [4.78, 5) is 13.6. The van der Waals surface area contributed by atoms with Crippen molar-refractivity contribution in [2.45, 2.75) is 46.1 Å². The second kappa shape index (κ2) is 7.29. The van der Waals surface area contributed by atoms with Gasteiger partial charge in [-0.3, -0.25) is 4.79 Å². The highest BCUT2D eigenvalue weighted by Gasteiger charge is 2.24. The normalized spacial score (nSPS) is 12.5. The zero-order valence-electron chi connectivity index (χ0n) is 12.8. The minimum atomic E-state index is 0.0268. The Bertz CT molecular complexity index is 407. The Balaban J connectivity index is 2.81. The summed E-state index contributed by atoms with van der Waals surface area (Å²) in [6, 6.07) is 6.11. The summed E-state index contributed by atoms with van der Waals surface area (Å²) < 4.78 is 0. The van der Waals surface area contributed by atoms with Crippen LogP contribution in [0.3, 0.4) is 0 Å². The van der Waals surface area contributed by atoms with Gasteiger partial charge in [0.25, 0.3) is 5.91 Å². The minimum absolute atomic E-state index is 0.0268. The van der Waals surface area contributed by atoms with E-state index >= 15 is 0 Å². The molecule has 0 spiro atoms. The van der Waals surface area contributed by atoms with E-state index in [-0.39, 0.29) is 11.9 Å². The molecule has 1 unspecified atom stereocenters. The van der Waals surface area contributed by atoms with Crippen LogP contribution in [0, 0.1) is 13.8 Å². The third kappa shape index (κ3) is 4.35. The summed E-state index contributed by atoms with van der Waals surface area (Å²) in [5.74, 6) is 0.130. The lowest BCUT2D eigenvalue weighted by Crippen LogP contribution is -3.11. The van der Waals surface area contributed by atoms with Crippen molar-refractivity contribution < 1.29 is 9.69 Å². The lowest BCUT2D eigenvalue weighted by molar-refractivity contribution is -0.875. The van der Waals surface area contributed by atoms with Gasteiger partial charge in [-0.2, -0.15) is 0 Å². The van der Waals surface area contributed by atoms with E-state index in [4.69, 9.17) is 0 Å². The number of anilines is 1. The summed E-state index contributed by atoms with van der Waals surface area (Å²) >= 11 is 0. The fraction of sp³-hybridized carbons (Fsp3) is 0.562. The van der Waals surface area contributed by atoms with Crippen molar-refractivity contribution in [2.75, 3.05) is 19.4 Å². The second-order valence-electron chi connectivity index (χ2n) is 5.53. The largest absolute Gasteiger partial charge is 0.330 e. The number of rotatable bonds is 6. The van der Waals surface area contributed by atoms with Crippen LogP contribution >= 0.6 is 0 Å². The number of nitrogens with one attached hydrogen (secondary N) is 2. The Morgan fingerprint density at radius 3 is 2.32 bits per heavy atom. The molecule has 1 rings (SSSR count). The predicted octanol–water partition coefficient (Wildman–Crippen LogP) is 1.95. The number of quaternary nitrogens is 1. The number of hydrogen-bond donors (Lipinski definition) is 2. The molecule has 3 nitrogen and oxygen atoms in total. The number of hydrogen-bond acceptors (Lipinski definition) is 1. The molecule has 0 heterocycles. The Labute approximate surface area is 117 Å². The molecule has 0 saturated heterocycles. The highest BCUT2D eigenvalue weighted by atomic mass is 16.2. The first kappa shape index (κ1) is 15.7. The SMILES string of the molecule is CCCCC(C(=O)Nc1c(C)cccc1C)[NH+](C)C. The molecule has 0 aliphatic rings. The maximum Gasteiger partial charge on any atom is 0.282 e. The topological polar surface area (TPSA) is 33.5 Å². The molecule has 3 heteroatoms. The van der Waals surface area contributed by atoms with Crippen LogP contribution in [-0.2, 0) is 4.79 Å². The molecule has 0 aliphatic heterocycles. The monoisotopic (exact) mass is 263 g/mol. The van der Waals surface area contributed by atoms with Gasteiger partial charge in [0.05, 0.1) is 14.1 Å². The number of aryl methyl sites for hydroxylation is 2. The van der Waals surface area contributed by atoms with Crippen molar-refractivity contribution in [3.8, 4) is 0 Å². The molecule has 19 heavy (non-hydrogen) atoms. The van der Waals surface area contributed by atoms with Crippen LogP contribution < -0.4 is 10.2 Å².